The molecule has 0 radical (unpaired) electrons. The van der Waals surface area contributed by atoms with Gasteiger partial charge in [-0.1, -0.05) is 13.8 Å². The van der Waals surface area contributed by atoms with Crippen molar-refractivity contribution in [3.05, 3.63) is 47.4 Å². The normalized spacial score (nSPS) is 20.9. The number of esters is 1. The Balaban J connectivity index is 1.54. The highest BCUT2D eigenvalue weighted by atomic mass is 16.6. The molecule has 3 N–H and O–H groups in total. The molecule has 0 bridgehead atoms. The van der Waals surface area contributed by atoms with Crippen LogP contribution >= 0.6 is 0 Å². The van der Waals surface area contributed by atoms with Gasteiger partial charge in [0, 0.05) is 35.3 Å². The molecule has 34 heavy (non-hydrogen) atoms. The Morgan fingerprint density at radius 2 is 1.94 bits per heavy atom. The lowest BCUT2D eigenvalue weighted by molar-refractivity contribution is -0.0189. The van der Waals surface area contributed by atoms with E-state index in [2.05, 4.69) is 20.6 Å². The molecule has 0 spiro atoms. The van der Waals surface area contributed by atoms with Crippen molar-refractivity contribution in [1.82, 2.24) is 15.0 Å². The lowest BCUT2D eigenvalue weighted by Crippen LogP contribution is -2.39. The fourth-order valence-electron chi connectivity index (χ4n) is 4.25. The Labute approximate surface area is 199 Å². The topological polar surface area (TPSA) is 109 Å². The van der Waals surface area contributed by atoms with E-state index in [0.29, 0.717) is 35.4 Å². The molecule has 8 nitrogen and oxygen atoms in total. The Morgan fingerprint density at radius 1 is 1.18 bits per heavy atom. The molecule has 0 aromatic carbocycles. The molecule has 1 saturated carbocycles. The summed E-state index contributed by atoms with van der Waals surface area (Å²) >= 11 is 0. The third-order valence-electron chi connectivity index (χ3n) is 7.17. The minimum Gasteiger partial charge on any atom is -0.455 e. The number of anilines is 3. The first-order valence-electron chi connectivity index (χ1n) is 11.9. The van der Waals surface area contributed by atoms with E-state index in [0.717, 1.165) is 35.0 Å². The fraction of sp³-hybridized carbons (Fsp3) is 0.462. The van der Waals surface area contributed by atoms with Crippen LogP contribution in [0.3, 0.4) is 0 Å². The Bertz CT molecular complexity index is 1280. The second-order valence-corrected chi connectivity index (χ2v) is 10.2. The Morgan fingerprint density at radius 3 is 2.65 bits per heavy atom. The lowest BCUT2D eigenvalue weighted by Gasteiger charge is -2.36. The number of nitrogens with zero attached hydrogens (tertiary/aromatic N) is 3. The molecular formula is C26H31N5O3. The zero-order valence-corrected chi connectivity index (χ0v) is 20.3. The second-order valence-electron chi connectivity index (χ2n) is 10.2. The fourth-order valence-corrected chi connectivity index (χ4v) is 4.25. The molecule has 0 unspecified atom stereocenters. The number of aromatic nitrogens is 3. The molecular weight excluding hydrogens is 430 g/mol. The van der Waals surface area contributed by atoms with Gasteiger partial charge >= 0.3 is 5.97 Å². The van der Waals surface area contributed by atoms with Gasteiger partial charge in [0.25, 0.3) is 0 Å². The highest BCUT2D eigenvalue weighted by Gasteiger charge is 2.40. The molecule has 3 aromatic rings. The average Bonchev–Trinajstić information content (AvgIpc) is 3.61. The largest absolute Gasteiger partial charge is 0.455 e. The smallest absolute Gasteiger partial charge is 0.340 e. The van der Waals surface area contributed by atoms with Crippen LogP contribution < -0.4 is 10.6 Å². The van der Waals surface area contributed by atoms with Crippen molar-refractivity contribution in [3.8, 4) is 0 Å². The number of carbonyl (C=O) groups is 1. The number of fused-ring (bicyclic) bond motifs is 2. The molecule has 178 valence electrons. The number of carbonyl (C=O) groups excluding carboxylic acids is 1. The van der Waals surface area contributed by atoms with Crippen molar-refractivity contribution in [3.63, 3.8) is 0 Å². The summed E-state index contributed by atoms with van der Waals surface area (Å²) in [6, 6.07) is 5.88. The SMILES string of the molecule is CC[C@](C)(O)c1cnc(NC2CC2)c2cnc(Nc3ccc4c(n3)[C@@H](C)C(C)(C)OC4=O)cc12. The molecule has 1 fully saturated rings. The quantitative estimate of drug-likeness (QED) is 0.440. The van der Waals surface area contributed by atoms with E-state index in [9.17, 15) is 9.90 Å². The van der Waals surface area contributed by atoms with Crippen molar-refractivity contribution in [2.75, 3.05) is 10.6 Å². The van der Waals surface area contributed by atoms with Gasteiger partial charge in [-0.15, -0.1) is 0 Å². The molecule has 0 amide bonds. The predicted molar refractivity (Wildman–Crippen MR) is 131 cm³/mol. The molecule has 1 aliphatic heterocycles. The zero-order chi connectivity index (χ0) is 24.3. The van der Waals surface area contributed by atoms with Gasteiger partial charge in [-0.25, -0.2) is 19.7 Å². The van der Waals surface area contributed by atoms with Crippen LogP contribution in [-0.2, 0) is 10.3 Å². The van der Waals surface area contributed by atoms with Gasteiger partial charge in [-0.05, 0) is 63.6 Å². The number of hydrogen-bond acceptors (Lipinski definition) is 8. The van der Waals surface area contributed by atoms with Gasteiger partial charge in [-0.3, -0.25) is 0 Å². The number of pyridine rings is 3. The van der Waals surface area contributed by atoms with E-state index < -0.39 is 11.2 Å². The minimum atomic E-state index is -1.02. The highest BCUT2D eigenvalue weighted by Crippen LogP contribution is 2.39. The molecule has 0 saturated heterocycles. The number of cyclic esters (lactones) is 1. The third kappa shape index (κ3) is 3.96. The molecule has 4 heterocycles. The predicted octanol–water partition coefficient (Wildman–Crippen LogP) is 5.01. The average molecular weight is 462 g/mol. The molecule has 2 aliphatic rings. The summed E-state index contributed by atoms with van der Waals surface area (Å²) in [4.78, 5) is 26.4. The van der Waals surface area contributed by atoms with Gasteiger partial charge in [0.1, 0.15) is 23.1 Å². The Hall–Kier alpha value is -3.26. The standard InChI is InChI=1S/C26H31N5O3/c1-6-26(5,33)19-13-28-23(29-15-7-8-15)18-12-27-21(11-17(18)19)30-20-10-9-16-22(31-20)14(2)25(3,4)34-24(16)32/h9-15,33H,6-8H2,1-5H3,(H,28,29)(H,27,30,31)/t14-,26+/m1/s1. The maximum atomic E-state index is 12.4. The molecule has 3 aromatic heterocycles. The number of hydrogen-bond donors (Lipinski definition) is 3. The third-order valence-corrected chi connectivity index (χ3v) is 7.17. The van der Waals surface area contributed by atoms with Crippen molar-refractivity contribution in [1.29, 1.82) is 0 Å². The first-order chi connectivity index (χ1) is 16.1. The summed E-state index contributed by atoms with van der Waals surface area (Å²) in [5, 5.41) is 19.5. The van der Waals surface area contributed by atoms with Gasteiger partial charge in [0.15, 0.2) is 0 Å². The van der Waals surface area contributed by atoms with E-state index >= 15 is 0 Å². The van der Waals surface area contributed by atoms with Crippen LogP contribution in [0.5, 0.6) is 0 Å². The van der Waals surface area contributed by atoms with Crippen LogP contribution in [0.25, 0.3) is 10.8 Å². The summed E-state index contributed by atoms with van der Waals surface area (Å²) in [6.45, 7) is 9.56. The van der Waals surface area contributed by atoms with Crippen molar-refractivity contribution >= 4 is 34.2 Å². The van der Waals surface area contributed by atoms with E-state index in [-0.39, 0.29) is 11.9 Å². The maximum Gasteiger partial charge on any atom is 0.340 e. The molecule has 5 rings (SSSR count). The monoisotopic (exact) mass is 461 g/mol. The molecule has 2 atom stereocenters. The van der Waals surface area contributed by atoms with Gasteiger partial charge in [-0.2, -0.15) is 0 Å². The summed E-state index contributed by atoms with van der Waals surface area (Å²) < 4.78 is 5.57. The first-order valence-corrected chi connectivity index (χ1v) is 11.9. The minimum absolute atomic E-state index is 0.0557. The van der Waals surface area contributed by atoms with Crippen molar-refractivity contribution in [2.24, 2.45) is 0 Å². The zero-order valence-electron chi connectivity index (χ0n) is 20.3. The number of nitrogens with one attached hydrogen (secondary N) is 2. The lowest BCUT2D eigenvalue weighted by atomic mass is 9.84. The van der Waals surface area contributed by atoms with Gasteiger partial charge in [0.2, 0.25) is 0 Å². The van der Waals surface area contributed by atoms with Gasteiger partial charge in [0.05, 0.1) is 16.9 Å². The van der Waals surface area contributed by atoms with Crippen LogP contribution in [-0.4, -0.2) is 37.7 Å². The summed E-state index contributed by atoms with van der Waals surface area (Å²) in [5.41, 5.74) is 0.310. The number of ether oxygens (including phenoxy) is 1. The van der Waals surface area contributed by atoms with Crippen LogP contribution in [0.2, 0.25) is 0 Å². The van der Waals surface area contributed by atoms with Crippen molar-refractivity contribution < 1.29 is 14.6 Å². The van der Waals surface area contributed by atoms with E-state index in [1.54, 1.807) is 31.5 Å². The van der Waals surface area contributed by atoms with E-state index in [1.165, 1.54) is 0 Å². The second kappa shape index (κ2) is 7.91. The van der Waals surface area contributed by atoms with Crippen LogP contribution in [0.15, 0.2) is 30.6 Å². The molecule has 8 heteroatoms. The van der Waals surface area contributed by atoms with Crippen molar-refractivity contribution in [2.45, 2.75) is 77.0 Å². The summed E-state index contributed by atoms with van der Waals surface area (Å²) in [7, 11) is 0. The summed E-state index contributed by atoms with van der Waals surface area (Å²) in [6.07, 6.45) is 6.37. The van der Waals surface area contributed by atoms with Crippen LogP contribution in [0, 0.1) is 0 Å². The number of rotatable bonds is 6. The maximum absolute atomic E-state index is 12.4. The van der Waals surface area contributed by atoms with Gasteiger partial charge < -0.3 is 20.5 Å². The Kier molecular flexibility index (Phi) is 5.24. The van der Waals surface area contributed by atoms with Crippen LogP contribution in [0.1, 0.15) is 81.4 Å². The van der Waals surface area contributed by atoms with E-state index in [1.807, 2.05) is 33.8 Å². The molecule has 1 aliphatic carbocycles. The first kappa shape index (κ1) is 22.5. The summed E-state index contributed by atoms with van der Waals surface area (Å²) in [5.74, 6) is 1.57. The van der Waals surface area contributed by atoms with Crippen LogP contribution in [0.4, 0.5) is 17.5 Å². The number of aliphatic hydroxyl groups is 1. The highest BCUT2D eigenvalue weighted by molar-refractivity contribution is 5.96. The van der Waals surface area contributed by atoms with E-state index in [4.69, 9.17) is 9.72 Å².